The Bertz CT molecular complexity index is 789. The van der Waals surface area contributed by atoms with E-state index in [0.717, 1.165) is 16.7 Å². The molecule has 0 radical (unpaired) electrons. The van der Waals surface area contributed by atoms with Crippen LogP contribution in [0.4, 0.5) is 0 Å². The van der Waals surface area contributed by atoms with Gasteiger partial charge < -0.3 is 15.6 Å². The molecule has 0 spiro atoms. The molecule has 140 valence electrons. The number of nitrogens with zero attached hydrogens (tertiary/aromatic N) is 1. The smallest absolute Gasteiger partial charge is 0.305 e. The van der Waals surface area contributed by atoms with Crippen molar-refractivity contribution in [3.8, 4) is 5.75 Å². The predicted molar refractivity (Wildman–Crippen MR) is 102 cm³/mol. The van der Waals surface area contributed by atoms with E-state index in [1.165, 1.54) is 0 Å². The summed E-state index contributed by atoms with van der Waals surface area (Å²) in [5.74, 6) is -0.609. The maximum Gasteiger partial charge on any atom is 0.305 e. The Hall–Kier alpha value is -2.83. The third kappa shape index (κ3) is 4.22. The number of amidine groups is 1. The van der Waals surface area contributed by atoms with Gasteiger partial charge in [0.25, 0.3) is 5.91 Å². The van der Waals surface area contributed by atoms with E-state index in [2.05, 4.69) is 10.3 Å². The number of rotatable bonds is 1. The van der Waals surface area contributed by atoms with E-state index in [9.17, 15) is 9.90 Å². The Labute approximate surface area is 153 Å². The van der Waals surface area contributed by atoms with E-state index in [1.54, 1.807) is 6.08 Å². The summed E-state index contributed by atoms with van der Waals surface area (Å²) in [7, 11) is 0. The van der Waals surface area contributed by atoms with Crippen molar-refractivity contribution in [2.75, 3.05) is 0 Å². The number of aliphatic imine (C=N–C) groups is 1. The van der Waals surface area contributed by atoms with Gasteiger partial charge in [0.1, 0.15) is 5.75 Å². The summed E-state index contributed by atoms with van der Waals surface area (Å²) in [6.07, 6.45) is 1.59. The lowest BCUT2D eigenvalue weighted by Gasteiger charge is -2.27. The molecule has 1 amide bonds. The highest BCUT2D eigenvalue weighted by atomic mass is 16.5. The molecule has 1 aliphatic heterocycles. The lowest BCUT2D eigenvalue weighted by Crippen LogP contribution is -2.23. The maximum absolute atomic E-state index is 12.1. The Morgan fingerprint density at radius 2 is 1.69 bits per heavy atom. The maximum atomic E-state index is 12.1. The van der Waals surface area contributed by atoms with Crippen LogP contribution in [-0.4, -0.2) is 23.0 Å². The molecule has 7 heteroatoms. The van der Waals surface area contributed by atoms with Crippen molar-refractivity contribution in [1.82, 2.24) is 5.32 Å². The lowest BCUT2D eigenvalue weighted by molar-refractivity contribution is -0.116. The number of nitrogens with two attached hydrogens (primary N) is 1. The second-order valence-corrected chi connectivity index (χ2v) is 8.33. The Morgan fingerprint density at radius 3 is 2.12 bits per heavy atom. The van der Waals surface area contributed by atoms with E-state index < -0.39 is 11.9 Å². The number of nitrogens with one attached hydrogen (secondary N) is 2. The van der Waals surface area contributed by atoms with Gasteiger partial charge in [-0.2, -0.15) is 4.99 Å². The van der Waals surface area contributed by atoms with Gasteiger partial charge in [0, 0.05) is 11.1 Å². The van der Waals surface area contributed by atoms with Crippen LogP contribution in [0.2, 0.25) is 0 Å². The molecule has 7 nitrogen and oxygen atoms in total. The molecule has 0 aliphatic carbocycles. The molecule has 1 heterocycles. The van der Waals surface area contributed by atoms with Crippen LogP contribution < -0.4 is 11.1 Å². The monoisotopic (exact) mass is 358 g/mol. The number of guanidine groups is 1. The number of carbonyl (C=O) groups is 1. The number of hydrogen-bond donors (Lipinski definition) is 4. The molecule has 0 aromatic heterocycles. The number of carbonyl (C=O) groups excluding carboxylic acids is 1. The molecule has 0 atom stereocenters. The molecule has 1 fully saturated rings. The van der Waals surface area contributed by atoms with Crippen molar-refractivity contribution >= 4 is 24.0 Å². The summed E-state index contributed by atoms with van der Waals surface area (Å²) in [4.78, 5) is 15.6. The predicted octanol–water partition coefficient (Wildman–Crippen LogP) is 2.72. The minimum atomic E-state index is -0.465. The highest BCUT2D eigenvalue weighted by molar-refractivity contribution is 6.13. The number of ether oxygens (including phenoxy) is 1. The van der Waals surface area contributed by atoms with E-state index in [-0.39, 0.29) is 28.4 Å². The molecule has 1 aromatic carbocycles. The molecule has 5 N–H and O–H groups in total. The van der Waals surface area contributed by atoms with Gasteiger partial charge in [0.2, 0.25) is 5.96 Å². The summed E-state index contributed by atoms with van der Waals surface area (Å²) in [5.41, 5.74) is 6.93. The number of amides is 1. The average Bonchev–Trinajstić information content (AvgIpc) is 2.77. The number of aromatic hydroxyl groups is 1. The third-order valence-corrected chi connectivity index (χ3v) is 3.92. The van der Waals surface area contributed by atoms with Crippen molar-refractivity contribution in [2.24, 2.45) is 10.7 Å². The molecule has 1 aliphatic rings. The minimum absolute atomic E-state index is 0.0513. The minimum Gasteiger partial charge on any atom is -0.507 e. The molecular formula is C19H26N4O3. The molecule has 0 unspecified atom stereocenters. The van der Waals surface area contributed by atoms with Crippen LogP contribution in [0.1, 0.15) is 58.2 Å². The number of phenols is 1. The lowest BCUT2D eigenvalue weighted by atomic mass is 9.78. The van der Waals surface area contributed by atoms with Crippen molar-refractivity contribution in [2.45, 2.75) is 52.4 Å². The van der Waals surface area contributed by atoms with Crippen molar-refractivity contribution in [1.29, 1.82) is 5.41 Å². The summed E-state index contributed by atoms with van der Waals surface area (Å²) < 4.78 is 5.34. The van der Waals surface area contributed by atoms with Gasteiger partial charge in [-0.15, -0.1) is 0 Å². The van der Waals surface area contributed by atoms with Gasteiger partial charge in [-0.1, -0.05) is 41.5 Å². The van der Waals surface area contributed by atoms with E-state index in [0.29, 0.717) is 0 Å². The Morgan fingerprint density at radius 1 is 1.19 bits per heavy atom. The van der Waals surface area contributed by atoms with E-state index in [4.69, 9.17) is 15.9 Å². The zero-order valence-corrected chi connectivity index (χ0v) is 16.0. The standard InChI is InChI=1S/C19H26N4O3/c1-18(2,3)11-7-10(8-12(14(11)24)19(4,5)6)9-13-15(25)22-17(26-13)23-16(20)21/h7-9,24H,1-6H3,(H4,20,21,22,23,25)/b13-9+. The van der Waals surface area contributed by atoms with Gasteiger partial charge in [0.05, 0.1) is 0 Å². The fraction of sp³-hybridized carbons (Fsp3) is 0.421. The van der Waals surface area contributed by atoms with E-state index in [1.807, 2.05) is 53.7 Å². The zero-order chi connectivity index (χ0) is 19.9. The van der Waals surface area contributed by atoms with E-state index >= 15 is 0 Å². The van der Waals surface area contributed by atoms with Crippen LogP contribution in [-0.2, 0) is 20.4 Å². The Balaban J connectivity index is 2.57. The van der Waals surface area contributed by atoms with Gasteiger partial charge in [-0.05, 0) is 34.6 Å². The molecular weight excluding hydrogens is 332 g/mol. The first-order valence-electron chi connectivity index (χ1n) is 8.30. The quantitative estimate of drug-likeness (QED) is 0.350. The van der Waals surface area contributed by atoms with Gasteiger partial charge >= 0.3 is 6.02 Å². The molecule has 26 heavy (non-hydrogen) atoms. The highest BCUT2D eigenvalue weighted by Crippen LogP contribution is 2.40. The largest absolute Gasteiger partial charge is 0.507 e. The second kappa shape index (κ2) is 6.48. The summed E-state index contributed by atoms with van der Waals surface area (Å²) in [6, 6.07) is 3.56. The number of benzene rings is 1. The van der Waals surface area contributed by atoms with Gasteiger partial charge in [-0.25, -0.2) is 0 Å². The van der Waals surface area contributed by atoms with Gasteiger partial charge in [-0.3, -0.25) is 15.5 Å². The van der Waals surface area contributed by atoms with Crippen molar-refractivity contribution in [3.63, 3.8) is 0 Å². The average molecular weight is 358 g/mol. The molecule has 1 aromatic rings. The zero-order valence-electron chi connectivity index (χ0n) is 16.0. The SMILES string of the molecule is CC(C)(C)c1cc(/C=C2/O/C(=N/C(=N)N)NC2=O)cc(C(C)(C)C)c1O. The van der Waals surface area contributed by atoms with Crippen LogP contribution >= 0.6 is 0 Å². The van der Waals surface area contributed by atoms with Gasteiger partial charge in [0.15, 0.2) is 5.76 Å². The normalized spacial score (nSPS) is 18.2. The summed E-state index contributed by atoms with van der Waals surface area (Å²) >= 11 is 0. The first-order chi connectivity index (χ1) is 11.8. The van der Waals surface area contributed by atoms with Crippen molar-refractivity contribution in [3.05, 3.63) is 34.6 Å². The van der Waals surface area contributed by atoms with Crippen LogP contribution in [0.5, 0.6) is 5.75 Å². The first-order valence-corrected chi connectivity index (χ1v) is 8.30. The highest BCUT2D eigenvalue weighted by Gasteiger charge is 2.28. The molecule has 1 saturated heterocycles. The Kier molecular flexibility index (Phi) is 4.86. The summed E-state index contributed by atoms with van der Waals surface area (Å²) in [5, 5.41) is 20.3. The second-order valence-electron chi connectivity index (χ2n) is 8.33. The van der Waals surface area contributed by atoms with Crippen LogP contribution in [0.15, 0.2) is 22.9 Å². The van der Waals surface area contributed by atoms with Crippen molar-refractivity contribution < 1.29 is 14.6 Å². The first kappa shape index (κ1) is 19.5. The third-order valence-electron chi connectivity index (χ3n) is 3.92. The number of phenolic OH excluding ortho intramolecular Hbond substituents is 1. The summed E-state index contributed by atoms with van der Waals surface area (Å²) in [6.45, 7) is 12.1. The molecule has 2 rings (SSSR count). The van der Waals surface area contributed by atoms with Crippen LogP contribution in [0, 0.1) is 5.41 Å². The molecule has 0 saturated carbocycles. The molecule has 0 bridgehead atoms. The number of hydrogen-bond acceptors (Lipinski definition) is 4. The fourth-order valence-electron chi connectivity index (χ4n) is 2.62. The topological polar surface area (TPSA) is 121 Å². The van der Waals surface area contributed by atoms with Crippen LogP contribution in [0.3, 0.4) is 0 Å². The fourth-order valence-corrected chi connectivity index (χ4v) is 2.62. The van der Waals surface area contributed by atoms with Crippen LogP contribution in [0.25, 0.3) is 6.08 Å².